The lowest BCUT2D eigenvalue weighted by Crippen LogP contribution is 0.143. The average molecular weight is 178 g/mol. The zero-order chi connectivity index (χ0) is 0. The van der Waals surface area contributed by atoms with Gasteiger partial charge in [0.1, 0.15) is 0 Å². The first-order chi connectivity index (χ1) is 0. The van der Waals surface area contributed by atoms with Crippen LogP contribution in [0.4, 0.5) is 0 Å². The third-order valence-electron chi connectivity index (χ3n) is 0. The number of hydrogen-bond acceptors (Lipinski definition) is 0. The lowest BCUT2D eigenvalue weighted by atomic mass is 12.0. The van der Waals surface area contributed by atoms with Crippen LogP contribution in [0.2, 0.25) is 0 Å². The summed E-state index contributed by atoms with van der Waals surface area (Å²) in [6, 6.07) is 0. The van der Waals surface area contributed by atoms with E-state index in [1.54, 1.807) is 0 Å². The van der Waals surface area contributed by atoms with E-state index in [9.17, 15) is 0 Å². The maximum atomic E-state index is 0. The highest BCUT2D eigenvalue weighted by Crippen LogP contribution is 0.693. The van der Waals surface area contributed by atoms with E-state index in [0.717, 1.165) is 0 Å². The Morgan fingerprint density at radius 3 is 0.333 bits per heavy atom. The number of hydrogen-bond donors (Lipinski definition) is 0. The van der Waals surface area contributed by atoms with Gasteiger partial charge in [0.25, 0.3) is 0 Å². The fourth-order valence-electron chi connectivity index (χ4n) is 0. The Bertz CT molecular complexity index is 5.51. The summed E-state index contributed by atoms with van der Waals surface area (Å²) in [5, 5.41) is 0. The predicted molar refractivity (Wildman–Crippen MR) is 42.5 cm³/mol. The standard InChI is InChI=1S/2CH4.4ClH/h2*1H4;4*1H. The first-order valence-electron chi connectivity index (χ1n) is 0. The first-order valence-corrected chi connectivity index (χ1v) is 0. The quantitative estimate of drug-likeness (QED) is 0.534. The molecule has 0 nitrogen and oxygen atoms in total. The van der Waals surface area contributed by atoms with Gasteiger partial charge in [-0.15, -0.1) is 49.6 Å². The molecule has 0 rings (SSSR count). The monoisotopic (exact) mass is 176 g/mol. The van der Waals surface area contributed by atoms with E-state index in [0.29, 0.717) is 0 Å². The van der Waals surface area contributed by atoms with Crippen LogP contribution in [-0.2, 0) is 0 Å². The van der Waals surface area contributed by atoms with Crippen molar-refractivity contribution in [1.82, 2.24) is 0 Å². The molecular formula is C2H12Cl4. The molecule has 0 aromatic carbocycles. The number of rotatable bonds is 0. The summed E-state index contributed by atoms with van der Waals surface area (Å²) in [6.45, 7) is 0. The van der Waals surface area contributed by atoms with Gasteiger partial charge in [0.05, 0.1) is 0 Å². The van der Waals surface area contributed by atoms with Crippen molar-refractivity contribution in [3.8, 4) is 0 Å². The van der Waals surface area contributed by atoms with Crippen molar-refractivity contribution in [3.63, 3.8) is 0 Å². The largest absolute Gasteiger partial charge is 0.147 e. The molecule has 0 atom stereocenters. The van der Waals surface area contributed by atoms with Crippen molar-refractivity contribution in [2.45, 2.75) is 14.9 Å². The van der Waals surface area contributed by atoms with E-state index in [-0.39, 0.29) is 64.5 Å². The summed E-state index contributed by atoms with van der Waals surface area (Å²) in [4.78, 5) is 0. The molecule has 6 heavy (non-hydrogen) atoms. The molecule has 0 aromatic heterocycles. The van der Waals surface area contributed by atoms with E-state index in [4.69, 9.17) is 0 Å². The first kappa shape index (κ1) is 202. The SMILES string of the molecule is C.C.Cl.Cl.Cl.Cl. The number of halogens is 4. The summed E-state index contributed by atoms with van der Waals surface area (Å²) >= 11 is 0. The Kier molecular flexibility index (Phi) is 4100. The molecule has 4 heteroatoms. The lowest BCUT2D eigenvalue weighted by Gasteiger charge is -0.148. The molecular weight excluding hydrogens is 166 g/mol. The van der Waals surface area contributed by atoms with Gasteiger partial charge in [-0.1, -0.05) is 14.9 Å². The highest BCUT2D eigenvalue weighted by molar-refractivity contribution is 5.86. The minimum atomic E-state index is 0. The van der Waals surface area contributed by atoms with E-state index in [2.05, 4.69) is 0 Å². The smallest absolute Gasteiger partial charge is 0.0776 e. The van der Waals surface area contributed by atoms with Crippen LogP contribution in [0.25, 0.3) is 0 Å². The van der Waals surface area contributed by atoms with E-state index in [1.807, 2.05) is 0 Å². The highest BCUT2D eigenvalue weighted by atomic mass is 35.5. The zero-order valence-corrected chi connectivity index (χ0v) is 4.90. The van der Waals surface area contributed by atoms with Gasteiger partial charge in [-0.05, 0) is 0 Å². The molecule has 0 unspecified atom stereocenters. The Morgan fingerprint density at radius 2 is 0.333 bits per heavy atom. The second-order valence-electron chi connectivity index (χ2n) is 0. The second kappa shape index (κ2) is 122. The Balaban J connectivity index is 0. The molecule has 0 N–H and O–H groups in total. The van der Waals surface area contributed by atoms with Gasteiger partial charge >= 0.3 is 0 Å². The van der Waals surface area contributed by atoms with Crippen molar-refractivity contribution in [2.75, 3.05) is 0 Å². The molecule has 0 spiro atoms. The van der Waals surface area contributed by atoms with E-state index < -0.39 is 0 Å². The van der Waals surface area contributed by atoms with Gasteiger partial charge in [0.2, 0.25) is 0 Å². The van der Waals surface area contributed by atoms with Crippen LogP contribution >= 0.6 is 49.6 Å². The Morgan fingerprint density at radius 1 is 0.333 bits per heavy atom. The summed E-state index contributed by atoms with van der Waals surface area (Å²) in [7, 11) is 0. The van der Waals surface area contributed by atoms with Crippen molar-refractivity contribution in [3.05, 3.63) is 0 Å². The van der Waals surface area contributed by atoms with E-state index >= 15 is 0 Å². The third-order valence-corrected chi connectivity index (χ3v) is 0. The molecule has 0 fully saturated rings. The van der Waals surface area contributed by atoms with Crippen LogP contribution < -0.4 is 0 Å². The van der Waals surface area contributed by atoms with Gasteiger partial charge in [-0.2, -0.15) is 0 Å². The molecule has 0 radical (unpaired) electrons. The average Bonchev–Trinajstić information content (AvgIpc) is 0. The van der Waals surface area contributed by atoms with Crippen molar-refractivity contribution < 1.29 is 0 Å². The van der Waals surface area contributed by atoms with Crippen LogP contribution in [0.3, 0.4) is 0 Å². The zero-order valence-electron chi connectivity index (χ0n) is 1.63. The van der Waals surface area contributed by atoms with Gasteiger partial charge in [0.15, 0.2) is 0 Å². The summed E-state index contributed by atoms with van der Waals surface area (Å²) in [5.74, 6) is 0. The molecule has 0 saturated heterocycles. The Hall–Kier alpha value is 1.16. The highest BCUT2D eigenvalue weighted by Gasteiger charge is -0.0764. The molecule has 0 bridgehead atoms. The second-order valence-corrected chi connectivity index (χ2v) is 0. The third kappa shape index (κ3) is 66.4. The minimum absolute atomic E-state index is 0. The van der Waals surface area contributed by atoms with Crippen LogP contribution in [0.5, 0.6) is 0 Å². The molecule has 0 heterocycles. The fourth-order valence-corrected chi connectivity index (χ4v) is 0. The molecule has 0 aromatic rings. The molecule has 48 valence electrons. The van der Waals surface area contributed by atoms with Gasteiger partial charge in [-0.3, -0.25) is 0 Å². The topological polar surface area (TPSA) is 0 Å². The summed E-state index contributed by atoms with van der Waals surface area (Å²) < 4.78 is 0. The Labute approximate surface area is 64.7 Å². The summed E-state index contributed by atoms with van der Waals surface area (Å²) in [5.41, 5.74) is 0. The minimum Gasteiger partial charge on any atom is -0.147 e. The van der Waals surface area contributed by atoms with Crippen LogP contribution in [0.1, 0.15) is 14.9 Å². The maximum Gasteiger partial charge on any atom is -0.0776 e. The van der Waals surface area contributed by atoms with Crippen molar-refractivity contribution in [1.29, 1.82) is 0 Å². The van der Waals surface area contributed by atoms with E-state index in [1.165, 1.54) is 0 Å². The molecule has 0 aliphatic heterocycles. The van der Waals surface area contributed by atoms with Crippen LogP contribution in [0, 0.1) is 0 Å². The fraction of sp³-hybridized carbons (Fsp3) is 1.00. The van der Waals surface area contributed by atoms with Crippen LogP contribution in [-0.4, -0.2) is 0 Å². The lowest BCUT2D eigenvalue weighted by molar-refractivity contribution is 2.50. The van der Waals surface area contributed by atoms with Gasteiger partial charge in [-0.25, -0.2) is 0 Å². The maximum absolute atomic E-state index is 0. The normalized spacial score (nSPS) is 0. The summed E-state index contributed by atoms with van der Waals surface area (Å²) in [6.07, 6.45) is 0. The molecule has 0 aliphatic rings. The van der Waals surface area contributed by atoms with Gasteiger partial charge in [0, 0.05) is 0 Å². The van der Waals surface area contributed by atoms with Crippen molar-refractivity contribution >= 4 is 49.6 Å². The van der Waals surface area contributed by atoms with Gasteiger partial charge < -0.3 is 0 Å². The van der Waals surface area contributed by atoms with Crippen molar-refractivity contribution in [2.24, 2.45) is 0 Å². The molecule has 0 aliphatic carbocycles. The predicted octanol–water partition coefficient (Wildman–Crippen LogP) is 2.96. The molecule has 0 saturated carbocycles. The van der Waals surface area contributed by atoms with Crippen LogP contribution in [0.15, 0.2) is 0 Å². The molecule has 0 amide bonds.